The molecule has 4 nitrogen and oxygen atoms in total. The molecule has 86 valence electrons. The molecule has 1 aromatic rings. The van der Waals surface area contributed by atoms with E-state index in [0.29, 0.717) is 6.42 Å². The van der Waals surface area contributed by atoms with Gasteiger partial charge in [-0.2, -0.15) is 0 Å². The van der Waals surface area contributed by atoms with E-state index in [4.69, 9.17) is 5.11 Å². The number of aliphatic hydroxyl groups is 1. The average molecular weight is 220 g/mol. The van der Waals surface area contributed by atoms with Crippen LogP contribution in [0.3, 0.4) is 0 Å². The highest BCUT2D eigenvalue weighted by Crippen LogP contribution is 2.17. The molecule has 16 heavy (non-hydrogen) atoms. The van der Waals surface area contributed by atoms with Gasteiger partial charge in [0.05, 0.1) is 19.1 Å². The summed E-state index contributed by atoms with van der Waals surface area (Å²) in [6, 6.07) is 3.74. The molecule has 0 spiro atoms. The first-order valence-corrected chi connectivity index (χ1v) is 5.60. The Bertz CT molecular complexity index is 353. The van der Waals surface area contributed by atoms with Crippen molar-refractivity contribution in [2.45, 2.75) is 25.3 Å². The first-order valence-electron chi connectivity index (χ1n) is 5.60. The molecule has 1 aliphatic heterocycles. The molecule has 0 saturated carbocycles. The van der Waals surface area contributed by atoms with Crippen molar-refractivity contribution in [1.29, 1.82) is 0 Å². The van der Waals surface area contributed by atoms with Crippen molar-refractivity contribution < 1.29 is 9.90 Å². The minimum absolute atomic E-state index is 0.0178. The Morgan fingerprint density at radius 2 is 2.50 bits per heavy atom. The Balaban J connectivity index is 1.98. The number of aromatic nitrogens is 1. The molecule has 4 heteroatoms. The van der Waals surface area contributed by atoms with Gasteiger partial charge in [0.15, 0.2) is 0 Å². The summed E-state index contributed by atoms with van der Waals surface area (Å²) in [4.78, 5) is 17.7. The molecule has 0 radical (unpaired) electrons. The number of hydrogen-bond donors (Lipinski definition) is 1. The molecule has 2 rings (SSSR count). The normalized spacial score (nSPS) is 20.1. The van der Waals surface area contributed by atoms with Crippen LogP contribution >= 0.6 is 0 Å². The zero-order valence-corrected chi connectivity index (χ0v) is 9.17. The summed E-state index contributed by atoms with van der Waals surface area (Å²) in [6.07, 6.45) is 5.69. The zero-order chi connectivity index (χ0) is 11.4. The number of nitrogens with zero attached hydrogens (tertiary/aromatic N) is 2. The molecule has 2 heterocycles. The van der Waals surface area contributed by atoms with Gasteiger partial charge < -0.3 is 10.0 Å². The van der Waals surface area contributed by atoms with Gasteiger partial charge in [-0.1, -0.05) is 6.07 Å². The maximum Gasteiger partial charge on any atom is 0.227 e. The second-order valence-electron chi connectivity index (χ2n) is 4.10. The molecule has 1 unspecified atom stereocenters. The Morgan fingerprint density at radius 3 is 3.19 bits per heavy atom. The second-order valence-corrected chi connectivity index (χ2v) is 4.10. The standard InChI is InChI=1S/C12H16N2O2/c15-9-11-4-2-6-14(11)12(16)7-10-3-1-5-13-8-10/h1,3,5,8,11,15H,2,4,6-7,9H2. The van der Waals surface area contributed by atoms with E-state index in [-0.39, 0.29) is 18.6 Å². The molecule has 1 aliphatic rings. The lowest BCUT2D eigenvalue weighted by molar-refractivity contribution is -0.132. The topological polar surface area (TPSA) is 53.4 Å². The zero-order valence-electron chi connectivity index (χ0n) is 9.17. The molecule has 1 amide bonds. The van der Waals surface area contributed by atoms with Crippen molar-refractivity contribution in [3.8, 4) is 0 Å². The van der Waals surface area contributed by atoms with Gasteiger partial charge in [0.2, 0.25) is 5.91 Å². The number of likely N-dealkylation sites (tertiary alicyclic amines) is 1. The van der Waals surface area contributed by atoms with E-state index in [0.717, 1.165) is 24.9 Å². The highest BCUT2D eigenvalue weighted by Gasteiger charge is 2.27. The second kappa shape index (κ2) is 5.07. The summed E-state index contributed by atoms with van der Waals surface area (Å²) in [7, 11) is 0. The van der Waals surface area contributed by atoms with Crippen LogP contribution in [0.4, 0.5) is 0 Å². The SMILES string of the molecule is O=C(Cc1cccnc1)N1CCCC1CO. The molecular weight excluding hydrogens is 204 g/mol. The largest absolute Gasteiger partial charge is 0.394 e. The lowest BCUT2D eigenvalue weighted by atomic mass is 10.2. The molecule has 0 aliphatic carbocycles. The van der Waals surface area contributed by atoms with Crippen LogP contribution in [-0.4, -0.2) is 40.1 Å². The number of carbonyl (C=O) groups is 1. The predicted octanol–water partition coefficient (Wildman–Crippen LogP) is 0.607. The van der Waals surface area contributed by atoms with Crippen LogP contribution in [0.5, 0.6) is 0 Å². The van der Waals surface area contributed by atoms with E-state index >= 15 is 0 Å². The Labute approximate surface area is 94.9 Å². The quantitative estimate of drug-likeness (QED) is 0.812. The number of hydrogen-bond acceptors (Lipinski definition) is 3. The van der Waals surface area contributed by atoms with Crippen molar-refractivity contribution in [3.63, 3.8) is 0 Å². The van der Waals surface area contributed by atoms with Crippen LogP contribution in [0.2, 0.25) is 0 Å². The molecular formula is C12H16N2O2. The first-order chi connectivity index (χ1) is 7.81. The minimum atomic E-state index is 0.0178. The number of carbonyl (C=O) groups excluding carboxylic acids is 1. The molecule has 1 saturated heterocycles. The van der Waals surface area contributed by atoms with Gasteiger partial charge >= 0.3 is 0 Å². The maximum atomic E-state index is 12.0. The van der Waals surface area contributed by atoms with Crippen LogP contribution in [0.15, 0.2) is 24.5 Å². The number of rotatable bonds is 3. The number of pyridine rings is 1. The van der Waals surface area contributed by atoms with E-state index in [9.17, 15) is 4.79 Å². The molecule has 1 N–H and O–H groups in total. The van der Waals surface area contributed by atoms with Gasteiger partial charge in [-0.3, -0.25) is 9.78 Å². The smallest absolute Gasteiger partial charge is 0.227 e. The van der Waals surface area contributed by atoms with Crippen molar-refractivity contribution >= 4 is 5.91 Å². The van der Waals surface area contributed by atoms with Gasteiger partial charge in [0.1, 0.15) is 0 Å². The van der Waals surface area contributed by atoms with E-state index < -0.39 is 0 Å². The van der Waals surface area contributed by atoms with Gasteiger partial charge in [0.25, 0.3) is 0 Å². The van der Waals surface area contributed by atoms with Crippen LogP contribution in [-0.2, 0) is 11.2 Å². The van der Waals surface area contributed by atoms with Crippen molar-refractivity contribution in [2.75, 3.05) is 13.2 Å². The lowest BCUT2D eigenvalue weighted by Gasteiger charge is -2.22. The predicted molar refractivity (Wildman–Crippen MR) is 59.8 cm³/mol. The third-order valence-corrected chi connectivity index (χ3v) is 2.99. The summed E-state index contributed by atoms with van der Waals surface area (Å²) in [5.74, 6) is 0.0875. The third kappa shape index (κ3) is 2.39. The highest BCUT2D eigenvalue weighted by atomic mass is 16.3. The van der Waals surface area contributed by atoms with Gasteiger partial charge in [-0.25, -0.2) is 0 Å². The van der Waals surface area contributed by atoms with Gasteiger partial charge in [0, 0.05) is 18.9 Å². The molecule has 1 fully saturated rings. The maximum absolute atomic E-state index is 12.0. The van der Waals surface area contributed by atoms with Crippen LogP contribution in [0, 0.1) is 0 Å². The Morgan fingerprint density at radius 1 is 1.62 bits per heavy atom. The molecule has 1 atom stereocenters. The number of amides is 1. The van der Waals surface area contributed by atoms with E-state index in [1.807, 2.05) is 12.1 Å². The molecule has 0 bridgehead atoms. The lowest BCUT2D eigenvalue weighted by Crippen LogP contribution is -2.38. The summed E-state index contributed by atoms with van der Waals surface area (Å²) in [5.41, 5.74) is 0.927. The van der Waals surface area contributed by atoms with E-state index in [1.54, 1.807) is 17.3 Å². The van der Waals surface area contributed by atoms with Crippen molar-refractivity contribution in [3.05, 3.63) is 30.1 Å². The van der Waals surface area contributed by atoms with Crippen molar-refractivity contribution in [1.82, 2.24) is 9.88 Å². The monoisotopic (exact) mass is 220 g/mol. The minimum Gasteiger partial charge on any atom is -0.394 e. The summed E-state index contributed by atoms with van der Waals surface area (Å²) in [6.45, 7) is 0.836. The van der Waals surface area contributed by atoms with E-state index in [1.165, 1.54) is 0 Å². The summed E-state index contributed by atoms with van der Waals surface area (Å²) >= 11 is 0. The van der Waals surface area contributed by atoms with Crippen LogP contribution in [0.1, 0.15) is 18.4 Å². The Kier molecular flexibility index (Phi) is 3.51. The average Bonchev–Trinajstić information content (AvgIpc) is 2.78. The summed E-state index contributed by atoms with van der Waals surface area (Å²) < 4.78 is 0. The van der Waals surface area contributed by atoms with Crippen molar-refractivity contribution in [2.24, 2.45) is 0 Å². The van der Waals surface area contributed by atoms with E-state index in [2.05, 4.69) is 4.98 Å². The molecule has 0 aromatic carbocycles. The first kappa shape index (κ1) is 11.1. The van der Waals surface area contributed by atoms with Crippen LogP contribution < -0.4 is 0 Å². The fourth-order valence-electron chi connectivity index (χ4n) is 2.13. The third-order valence-electron chi connectivity index (χ3n) is 2.99. The fraction of sp³-hybridized carbons (Fsp3) is 0.500. The van der Waals surface area contributed by atoms with Crippen LogP contribution in [0.25, 0.3) is 0 Å². The van der Waals surface area contributed by atoms with Gasteiger partial charge in [-0.15, -0.1) is 0 Å². The van der Waals surface area contributed by atoms with Gasteiger partial charge in [-0.05, 0) is 24.5 Å². The molecule has 1 aromatic heterocycles. The number of aliphatic hydroxyl groups excluding tert-OH is 1. The highest BCUT2D eigenvalue weighted by molar-refractivity contribution is 5.79. The summed E-state index contributed by atoms with van der Waals surface area (Å²) in [5, 5.41) is 9.15. The fourth-order valence-corrected chi connectivity index (χ4v) is 2.13. The Hall–Kier alpha value is -1.42.